The van der Waals surface area contributed by atoms with Gasteiger partial charge in [-0.3, -0.25) is 0 Å². The van der Waals surface area contributed by atoms with Gasteiger partial charge < -0.3 is 9.72 Å². The third kappa shape index (κ3) is 1.32. The molecule has 0 spiro atoms. The van der Waals surface area contributed by atoms with Crippen LogP contribution >= 0.6 is 0 Å². The minimum Gasteiger partial charge on any atom is -0.376 e. The molecule has 2 rings (SSSR count). The predicted molar refractivity (Wildman–Crippen MR) is 58.5 cm³/mol. The van der Waals surface area contributed by atoms with Crippen LogP contribution in [0.15, 0.2) is 24.3 Å². The fraction of sp³-hybridized carbons (Fsp3) is 0.333. The highest BCUT2D eigenvalue weighted by Crippen LogP contribution is 2.26. The number of nitrogens with one attached hydrogen (secondary N) is 1. The summed E-state index contributed by atoms with van der Waals surface area (Å²) in [7, 11) is 1.73. The highest BCUT2D eigenvalue weighted by Gasteiger charge is 2.12. The van der Waals surface area contributed by atoms with Crippen molar-refractivity contribution in [3.05, 3.63) is 35.5 Å². The molecule has 0 saturated heterocycles. The van der Waals surface area contributed by atoms with Crippen LogP contribution in [0.5, 0.6) is 0 Å². The summed E-state index contributed by atoms with van der Waals surface area (Å²) in [6.07, 6.45) is 0.127. The second-order valence-electron chi connectivity index (χ2n) is 3.59. The van der Waals surface area contributed by atoms with E-state index in [0.717, 1.165) is 0 Å². The summed E-state index contributed by atoms with van der Waals surface area (Å²) in [6, 6.07) is 8.32. The second-order valence-corrected chi connectivity index (χ2v) is 3.59. The molecule has 0 radical (unpaired) electrons. The summed E-state index contributed by atoms with van der Waals surface area (Å²) in [5.74, 6) is 0. The largest absolute Gasteiger partial charge is 0.376 e. The Hall–Kier alpha value is -1.28. The molecule has 2 aromatic rings. The lowest BCUT2D eigenvalue weighted by molar-refractivity contribution is 0.116. The zero-order chi connectivity index (χ0) is 10.1. The van der Waals surface area contributed by atoms with Crippen LogP contribution in [0.4, 0.5) is 0 Å². The number of aromatic amines is 1. The summed E-state index contributed by atoms with van der Waals surface area (Å²) in [5.41, 5.74) is 3.65. The van der Waals surface area contributed by atoms with Crippen molar-refractivity contribution in [2.75, 3.05) is 7.11 Å². The Morgan fingerprint density at radius 2 is 2.00 bits per heavy atom. The predicted octanol–water partition coefficient (Wildman–Crippen LogP) is 3.18. The normalized spacial score (nSPS) is 13.4. The third-order valence-electron chi connectivity index (χ3n) is 2.76. The number of aryl methyl sites for hydroxylation is 1. The molecule has 0 saturated carbocycles. The molecule has 2 heteroatoms. The molecule has 0 aliphatic carbocycles. The van der Waals surface area contributed by atoms with Gasteiger partial charge in [-0.1, -0.05) is 18.2 Å². The standard InChI is InChI=1S/C12H15NO/c1-8-10-6-4-5-7-11(10)13-12(8)9(2)14-3/h4-7,9,13H,1-3H3. The van der Waals surface area contributed by atoms with Crippen molar-refractivity contribution in [3.8, 4) is 0 Å². The molecule has 1 aromatic heterocycles. The first-order valence-corrected chi connectivity index (χ1v) is 4.84. The molecule has 2 nitrogen and oxygen atoms in total. The van der Waals surface area contributed by atoms with E-state index in [1.165, 1.54) is 22.2 Å². The van der Waals surface area contributed by atoms with Crippen LogP contribution in [0.25, 0.3) is 10.9 Å². The number of methoxy groups -OCH3 is 1. The Kier molecular flexibility index (Phi) is 2.30. The van der Waals surface area contributed by atoms with Crippen molar-refractivity contribution in [1.29, 1.82) is 0 Å². The number of ether oxygens (including phenoxy) is 1. The molecular formula is C12H15NO. The minimum absolute atomic E-state index is 0.127. The average Bonchev–Trinajstić information content (AvgIpc) is 2.56. The van der Waals surface area contributed by atoms with Crippen LogP contribution in [0.3, 0.4) is 0 Å². The minimum atomic E-state index is 0.127. The van der Waals surface area contributed by atoms with Crippen LogP contribution < -0.4 is 0 Å². The first kappa shape index (κ1) is 9.28. The van der Waals surface area contributed by atoms with Crippen LogP contribution in [0, 0.1) is 6.92 Å². The third-order valence-corrected chi connectivity index (χ3v) is 2.76. The van der Waals surface area contributed by atoms with Crippen molar-refractivity contribution >= 4 is 10.9 Å². The number of rotatable bonds is 2. The van der Waals surface area contributed by atoms with E-state index in [0.29, 0.717) is 0 Å². The molecule has 14 heavy (non-hydrogen) atoms. The monoisotopic (exact) mass is 189 g/mol. The summed E-state index contributed by atoms with van der Waals surface area (Å²) in [5, 5.41) is 1.28. The summed E-state index contributed by atoms with van der Waals surface area (Å²) in [4.78, 5) is 3.39. The van der Waals surface area contributed by atoms with E-state index in [1.807, 2.05) is 6.07 Å². The molecule has 1 atom stereocenters. The molecule has 1 unspecified atom stereocenters. The SMILES string of the molecule is COC(C)c1[nH]c2ccccc2c1C. The van der Waals surface area contributed by atoms with Gasteiger partial charge in [0.15, 0.2) is 0 Å². The number of hydrogen-bond acceptors (Lipinski definition) is 1. The van der Waals surface area contributed by atoms with E-state index in [1.54, 1.807) is 7.11 Å². The van der Waals surface area contributed by atoms with Crippen LogP contribution in [0.2, 0.25) is 0 Å². The van der Waals surface area contributed by atoms with E-state index < -0.39 is 0 Å². The van der Waals surface area contributed by atoms with Gasteiger partial charge in [-0.25, -0.2) is 0 Å². The smallest absolute Gasteiger partial charge is 0.0943 e. The Balaban J connectivity index is 2.62. The molecule has 0 aliphatic rings. The first-order valence-electron chi connectivity index (χ1n) is 4.84. The fourth-order valence-corrected chi connectivity index (χ4v) is 1.83. The molecule has 0 amide bonds. The van der Waals surface area contributed by atoms with Gasteiger partial charge in [0, 0.05) is 23.7 Å². The Labute approximate surface area is 83.9 Å². The zero-order valence-electron chi connectivity index (χ0n) is 8.79. The highest BCUT2D eigenvalue weighted by molar-refractivity contribution is 5.84. The summed E-state index contributed by atoms with van der Waals surface area (Å²) in [6.45, 7) is 4.18. The van der Waals surface area contributed by atoms with E-state index in [4.69, 9.17) is 4.74 Å². The van der Waals surface area contributed by atoms with Crippen molar-refractivity contribution in [1.82, 2.24) is 4.98 Å². The van der Waals surface area contributed by atoms with Gasteiger partial charge in [0.2, 0.25) is 0 Å². The quantitative estimate of drug-likeness (QED) is 0.771. The van der Waals surface area contributed by atoms with Crippen molar-refractivity contribution < 1.29 is 4.74 Å². The van der Waals surface area contributed by atoms with Gasteiger partial charge in [0.1, 0.15) is 0 Å². The first-order chi connectivity index (χ1) is 6.74. The van der Waals surface area contributed by atoms with Crippen molar-refractivity contribution in [2.24, 2.45) is 0 Å². The molecule has 74 valence electrons. The number of aromatic nitrogens is 1. The zero-order valence-corrected chi connectivity index (χ0v) is 8.79. The second kappa shape index (κ2) is 3.46. The van der Waals surface area contributed by atoms with Crippen LogP contribution in [0.1, 0.15) is 24.3 Å². The van der Waals surface area contributed by atoms with E-state index in [2.05, 4.69) is 37.0 Å². The Morgan fingerprint density at radius 3 is 2.64 bits per heavy atom. The van der Waals surface area contributed by atoms with E-state index in [9.17, 15) is 0 Å². The molecule has 1 aromatic carbocycles. The lowest BCUT2D eigenvalue weighted by Gasteiger charge is -2.08. The molecule has 1 heterocycles. The lowest BCUT2D eigenvalue weighted by Crippen LogP contribution is -1.97. The fourth-order valence-electron chi connectivity index (χ4n) is 1.83. The van der Waals surface area contributed by atoms with E-state index >= 15 is 0 Å². The molecule has 0 bridgehead atoms. The van der Waals surface area contributed by atoms with E-state index in [-0.39, 0.29) is 6.10 Å². The maximum atomic E-state index is 5.32. The maximum Gasteiger partial charge on any atom is 0.0943 e. The summed E-state index contributed by atoms with van der Waals surface area (Å²) < 4.78 is 5.32. The number of fused-ring (bicyclic) bond motifs is 1. The number of hydrogen-bond donors (Lipinski definition) is 1. The summed E-state index contributed by atoms with van der Waals surface area (Å²) >= 11 is 0. The van der Waals surface area contributed by atoms with Gasteiger partial charge in [-0.05, 0) is 25.5 Å². The Morgan fingerprint density at radius 1 is 1.29 bits per heavy atom. The topological polar surface area (TPSA) is 25.0 Å². The molecule has 1 N–H and O–H groups in total. The van der Waals surface area contributed by atoms with Crippen LogP contribution in [-0.2, 0) is 4.74 Å². The van der Waals surface area contributed by atoms with Crippen molar-refractivity contribution in [2.45, 2.75) is 20.0 Å². The van der Waals surface area contributed by atoms with Gasteiger partial charge in [-0.2, -0.15) is 0 Å². The average molecular weight is 189 g/mol. The van der Waals surface area contributed by atoms with Gasteiger partial charge in [-0.15, -0.1) is 0 Å². The Bertz CT molecular complexity index is 445. The van der Waals surface area contributed by atoms with Gasteiger partial charge in [0.05, 0.1) is 6.10 Å². The molecule has 0 aliphatic heterocycles. The molecule has 0 fully saturated rings. The van der Waals surface area contributed by atoms with Crippen LogP contribution in [-0.4, -0.2) is 12.1 Å². The van der Waals surface area contributed by atoms with Crippen molar-refractivity contribution in [3.63, 3.8) is 0 Å². The maximum absolute atomic E-state index is 5.32. The number of benzene rings is 1. The van der Waals surface area contributed by atoms with Gasteiger partial charge in [0.25, 0.3) is 0 Å². The molecular weight excluding hydrogens is 174 g/mol. The van der Waals surface area contributed by atoms with Gasteiger partial charge >= 0.3 is 0 Å². The highest BCUT2D eigenvalue weighted by atomic mass is 16.5. The number of H-pyrrole nitrogens is 1. The number of para-hydroxylation sites is 1. The lowest BCUT2D eigenvalue weighted by atomic mass is 10.1.